The van der Waals surface area contributed by atoms with Gasteiger partial charge in [-0.15, -0.1) is 11.6 Å². The van der Waals surface area contributed by atoms with Crippen molar-refractivity contribution in [3.05, 3.63) is 21.9 Å². The van der Waals surface area contributed by atoms with Gasteiger partial charge in [-0.1, -0.05) is 0 Å². The number of hydrogen-bond donors (Lipinski definition) is 2. The van der Waals surface area contributed by atoms with E-state index >= 15 is 0 Å². The molecule has 0 unspecified atom stereocenters. The highest BCUT2D eigenvalue weighted by Crippen LogP contribution is 1.99. The number of aromatic amines is 2. The number of alkyl halides is 1. The Hall–Kier alpha value is -1.03. The summed E-state index contributed by atoms with van der Waals surface area (Å²) in [6, 6.07) is 0. The standard InChI is InChI=1S/C6H7ClN2O2/c1-3-5(4(10)2-7)9-6(11)8-3/h2H2,1H3,(H2,8,9,11). The first-order valence-electron chi connectivity index (χ1n) is 3.03. The largest absolute Gasteiger partial charge is 0.323 e. The highest BCUT2D eigenvalue weighted by atomic mass is 35.5. The second-order valence-electron chi connectivity index (χ2n) is 2.14. The van der Waals surface area contributed by atoms with Gasteiger partial charge in [0.1, 0.15) is 5.69 Å². The fourth-order valence-electron chi connectivity index (χ4n) is 0.817. The van der Waals surface area contributed by atoms with Gasteiger partial charge in [0.25, 0.3) is 0 Å². The van der Waals surface area contributed by atoms with E-state index in [2.05, 4.69) is 9.97 Å². The third-order valence-electron chi connectivity index (χ3n) is 1.31. The van der Waals surface area contributed by atoms with Gasteiger partial charge in [-0.3, -0.25) is 4.79 Å². The van der Waals surface area contributed by atoms with Crippen molar-refractivity contribution in [2.75, 3.05) is 5.88 Å². The Balaban J connectivity index is 3.13. The van der Waals surface area contributed by atoms with E-state index in [0.29, 0.717) is 5.69 Å². The molecule has 0 saturated heterocycles. The fourth-order valence-corrected chi connectivity index (χ4v) is 0.951. The summed E-state index contributed by atoms with van der Waals surface area (Å²) >= 11 is 5.28. The smallest absolute Gasteiger partial charge is 0.310 e. The van der Waals surface area contributed by atoms with Gasteiger partial charge in [-0.25, -0.2) is 4.79 Å². The molecule has 5 heteroatoms. The van der Waals surface area contributed by atoms with E-state index in [0.717, 1.165) is 0 Å². The third-order valence-corrected chi connectivity index (χ3v) is 1.56. The monoisotopic (exact) mass is 174 g/mol. The lowest BCUT2D eigenvalue weighted by Gasteiger charge is -1.90. The predicted octanol–water partition coefficient (Wildman–Crippen LogP) is 0.433. The molecule has 0 bridgehead atoms. The zero-order chi connectivity index (χ0) is 8.43. The molecule has 0 aliphatic heterocycles. The van der Waals surface area contributed by atoms with E-state index in [1.807, 2.05) is 0 Å². The minimum Gasteiger partial charge on any atom is -0.310 e. The summed E-state index contributed by atoms with van der Waals surface area (Å²) in [7, 11) is 0. The summed E-state index contributed by atoms with van der Waals surface area (Å²) in [5.41, 5.74) is 0.418. The Labute approximate surface area is 67.6 Å². The average molecular weight is 175 g/mol. The zero-order valence-corrected chi connectivity index (χ0v) is 6.66. The molecule has 0 aliphatic rings. The number of nitrogens with one attached hydrogen (secondary N) is 2. The molecule has 1 aromatic rings. The highest BCUT2D eigenvalue weighted by Gasteiger charge is 2.09. The van der Waals surface area contributed by atoms with Gasteiger partial charge < -0.3 is 9.97 Å². The number of aromatic nitrogens is 2. The van der Waals surface area contributed by atoms with E-state index in [-0.39, 0.29) is 23.0 Å². The van der Waals surface area contributed by atoms with Crippen molar-refractivity contribution in [2.24, 2.45) is 0 Å². The molecule has 1 heterocycles. The van der Waals surface area contributed by atoms with Crippen LogP contribution in [-0.4, -0.2) is 21.6 Å². The van der Waals surface area contributed by atoms with Crippen LogP contribution in [0.3, 0.4) is 0 Å². The Bertz CT molecular complexity index is 326. The number of Topliss-reactive ketones (excluding diaryl/α,β-unsaturated/α-hetero) is 1. The van der Waals surface area contributed by atoms with Crippen LogP contribution in [0, 0.1) is 6.92 Å². The maximum Gasteiger partial charge on any atom is 0.323 e. The van der Waals surface area contributed by atoms with Crippen LogP contribution < -0.4 is 5.69 Å². The minimum absolute atomic E-state index is 0.116. The lowest BCUT2D eigenvalue weighted by molar-refractivity contribution is 0.101. The van der Waals surface area contributed by atoms with E-state index in [1.54, 1.807) is 6.92 Å². The summed E-state index contributed by atoms with van der Waals surface area (Å²) in [6.07, 6.45) is 0. The summed E-state index contributed by atoms with van der Waals surface area (Å²) < 4.78 is 0. The van der Waals surface area contributed by atoms with Gasteiger partial charge in [0, 0.05) is 5.69 Å². The molecule has 0 saturated carbocycles. The van der Waals surface area contributed by atoms with Crippen LogP contribution in [0.15, 0.2) is 4.79 Å². The molecule has 0 aromatic carbocycles. The van der Waals surface area contributed by atoms with Crippen LogP contribution in [0.5, 0.6) is 0 Å². The summed E-state index contributed by atoms with van der Waals surface area (Å²) in [5.74, 6) is -0.392. The molecule has 4 nitrogen and oxygen atoms in total. The van der Waals surface area contributed by atoms with Gasteiger partial charge >= 0.3 is 5.69 Å². The lowest BCUT2D eigenvalue weighted by atomic mass is 10.3. The molecule has 0 radical (unpaired) electrons. The molecule has 0 fully saturated rings. The van der Waals surface area contributed by atoms with E-state index < -0.39 is 0 Å². The van der Waals surface area contributed by atoms with Gasteiger partial charge in [0.2, 0.25) is 0 Å². The van der Waals surface area contributed by atoms with Gasteiger partial charge in [0.05, 0.1) is 5.88 Å². The number of rotatable bonds is 2. The normalized spacial score (nSPS) is 10.0. The number of carbonyl (C=O) groups is 1. The quantitative estimate of drug-likeness (QED) is 0.505. The Morgan fingerprint density at radius 3 is 2.55 bits per heavy atom. The van der Waals surface area contributed by atoms with Crippen LogP contribution in [0.1, 0.15) is 16.2 Å². The van der Waals surface area contributed by atoms with Crippen molar-refractivity contribution in [2.45, 2.75) is 6.92 Å². The molecule has 2 N–H and O–H groups in total. The van der Waals surface area contributed by atoms with Crippen LogP contribution in [0.25, 0.3) is 0 Å². The first-order chi connectivity index (χ1) is 5.15. The number of aryl methyl sites for hydroxylation is 1. The molecule has 0 aliphatic carbocycles. The number of halogens is 1. The van der Waals surface area contributed by atoms with Crippen molar-refractivity contribution in [1.29, 1.82) is 0 Å². The summed E-state index contributed by atoms with van der Waals surface area (Å²) in [4.78, 5) is 26.3. The topological polar surface area (TPSA) is 65.7 Å². The highest BCUT2D eigenvalue weighted by molar-refractivity contribution is 6.30. The molecule has 0 atom stereocenters. The maximum atomic E-state index is 10.9. The van der Waals surface area contributed by atoms with Gasteiger partial charge in [-0.2, -0.15) is 0 Å². The van der Waals surface area contributed by atoms with Crippen molar-refractivity contribution in [3.63, 3.8) is 0 Å². The minimum atomic E-state index is -0.379. The van der Waals surface area contributed by atoms with Crippen molar-refractivity contribution >= 4 is 17.4 Å². The number of hydrogen-bond acceptors (Lipinski definition) is 2. The van der Waals surface area contributed by atoms with Crippen molar-refractivity contribution in [1.82, 2.24) is 9.97 Å². The van der Waals surface area contributed by atoms with E-state index in [9.17, 15) is 9.59 Å². The van der Waals surface area contributed by atoms with Crippen molar-refractivity contribution in [3.8, 4) is 0 Å². The number of ketones is 1. The molecular formula is C6H7ClN2O2. The van der Waals surface area contributed by atoms with Crippen LogP contribution in [0.4, 0.5) is 0 Å². The van der Waals surface area contributed by atoms with Crippen LogP contribution in [0.2, 0.25) is 0 Å². The Kier molecular flexibility index (Phi) is 2.14. The second kappa shape index (κ2) is 2.92. The molecular weight excluding hydrogens is 168 g/mol. The van der Waals surface area contributed by atoms with Crippen LogP contribution >= 0.6 is 11.6 Å². The van der Waals surface area contributed by atoms with Crippen LogP contribution in [-0.2, 0) is 0 Å². The van der Waals surface area contributed by atoms with E-state index in [1.165, 1.54) is 0 Å². The molecule has 0 spiro atoms. The predicted molar refractivity (Wildman–Crippen MR) is 41.2 cm³/mol. The summed E-state index contributed by atoms with van der Waals surface area (Å²) in [6.45, 7) is 1.64. The Morgan fingerprint density at radius 2 is 2.18 bits per heavy atom. The first-order valence-corrected chi connectivity index (χ1v) is 3.56. The van der Waals surface area contributed by atoms with Gasteiger partial charge in [-0.05, 0) is 6.92 Å². The average Bonchev–Trinajstić information content (AvgIpc) is 2.28. The second-order valence-corrected chi connectivity index (χ2v) is 2.40. The fraction of sp³-hybridized carbons (Fsp3) is 0.333. The van der Waals surface area contributed by atoms with Crippen molar-refractivity contribution < 1.29 is 4.79 Å². The number of carbonyl (C=O) groups excluding carboxylic acids is 1. The molecule has 1 aromatic heterocycles. The summed E-state index contributed by atoms with van der Waals surface area (Å²) in [5, 5.41) is 0. The molecule has 60 valence electrons. The molecule has 0 amide bonds. The number of H-pyrrole nitrogens is 2. The Morgan fingerprint density at radius 1 is 1.55 bits per heavy atom. The lowest BCUT2D eigenvalue weighted by Crippen LogP contribution is -2.06. The number of imidazole rings is 1. The SMILES string of the molecule is Cc1[nH]c(=O)[nH]c1C(=O)CCl. The molecule has 1 rings (SSSR count). The third kappa shape index (κ3) is 1.51. The maximum absolute atomic E-state index is 10.9. The van der Waals surface area contributed by atoms with Gasteiger partial charge in [0.15, 0.2) is 5.78 Å². The molecule has 11 heavy (non-hydrogen) atoms. The van der Waals surface area contributed by atoms with E-state index in [4.69, 9.17) is 11.6 Å². The zero-order valence-electron chi connectivity index (χ0n) is 5.90. The first kappa shape index (κ1) is 8.07.